The molecule has 0 aliphatic carbocycles. The Morgan fingerprint density at radius 3 is 2.86 bits per heavy atom. The molecular weight excluding hydrogens is 404 g/mol. The molecule has 148 valence electrons. The zero-order chi connectivity index (χ0) is 20.4. The Labute approximate surface area is 170 Å². The van der Waals surface area contributed by atoms with E-state index in [2.05, 4.69) is 10.3 Å². The first kappa shape index (κ1) is 20.2. The molecule has 2 aromatic rings. The van der Waals surface area contributed by atoms with Gasteiger partial charge in [0.25, 0.3) is 11.6 Å². The van der Waals surface area contributed by atoms with E-state index in [0.29, 0.717) is 37.0 Å². The number of nitrogens with one attached hydrogen (secondary N) is 1. The van der Waals surface area contributed by atoms with Crippen molar-refractivity contribution >= 4 is 45.6 Å². The third kappa shape index (κ3) is 4.48. The predicted molar refractivity (Wildman–Crippen MR) is 107 cm³/mol. The first-order valence-electron chi connectivity index (χ1n) is 8.76. The molecule has 28 heavy (non-hydrogen) atoms. The minimum absolute atomic E-state index is 0.0302. The quantitative estimate of drug-likeness (QED) is 0.581. The molecule has 3 rings (SSSR count). The van der Waals surface area contributed by atoms with E-state index in [4.69, 9.17) is 11.6 Å². The lowest BCUT2D eigenvalue weighted by molar-refractivity contribution is -0.384. The maximum Gasteiger partial charge on any atom is 0.288 e. The van der Waals surface area contributed by atoms with Crippen molar-refractivity contribution in [2.45, 2.75) is 33.2 Å². The largest absolute Gasteiger partial charge is 0.337 e. The standard InChI is InChI=1S/C18H19ClN4O4S/c1-10(2)7-16(24)22-6-5-13-15(9-22)28-18(20-13)21-17(25)11-3-4-12(19)14(8-11)23(26)27/h3-4,8,10H,5-7,9H2,1-2H3,(H,20,21,25). The average molecular weight is 423 g/mol. The highest BCUT2D eigenvalue weighted by molar-refractivity contribution is 7.15. The van der Waals surface area contributed by atoms with Gasteiger partial charge in [0.2, 0.25) is 5.91 Å². The molecule has 0 saturated carbocycles. The fourth-order valence-electron chi connectivity index (χ4n) is 2.90. The Kier molecular flexibility index (Phi) is 5.95. The molecule has 1 aliphatic heterocycles. The van der Waals surface area contributed by atoms with Crippen LogP contribution in [0.1, 0.15) is 41.2 Å². The summed E-state index contributed by atoms with van der Waals surface area (Å²) in [7, 11) is 0. The van der Waals surface area contributed by atoms with Crippen molar-refractivity contribution in [2.75, 3.05) is 11.9 Å². The van der Waals surface area contributed by atoms with Crippen molar-refractivity contribution < 1.29 is 14.5 Å². The molecule has 0 saturated heterocycles. The molecular formula is C18H19ClN4O4S. The molecule has 1 N–H and O–H groups in total. The Morgan fingerprint density at radius 2 is 2.18 bits per heavy atom. The molecule has 10 heteroatoms. The molecule has 1 aliphatic rings. The lowest BCUT2D eigenvalue weighted by Gasteiger charge is -2.26. The molecule has 1 aromatic heterocycles. The number of rotatable bonds is 5. The van der Waals surface area contributed by atoms with Crippen LogP contribution >= 0.6 is 22.9 Å². The number of benzene rings is 1. The summed E-state index contributed by atoms with van der Waals surface area (Å²) in [4.78, 5) is 42.3. The van der Waals surface area contributed by atoms with Crippen LogP contribution < -0.4 is 5.32 Å². The molecule has 1 aromatic carbocycles. The van der Waals surface area contributed by atoms with Crippen molar-refractivity contribution in [1.29, 1.82) is 0 Å². The monoisotopic (exact) mass is 422 g/mol. The van der Waals surface area contributed by atoms with E-state index in [1.165, 1.54) is 23.5 Å². The Hall–Kier alpha value is -2.52. The number of carbonyl (C=O) groups excluding carboxylic acids is 2. The van der Waals surface area contributed by atoms with Gasteiger partial charge in [0.15, 0.2) is 5.13 Å². The number of hydrogen-bond donors (Lipinski definition) is 1. The summed E-state index contributed by atoms with van der Waals surface area (Å²) in [5, 5.41) is 14.0. The highest BCUT2D eigenvalue weighted by Crippen LogP contribution is 2.30. The van der Waals surface area contributed by atoms with E-state index in [-0.39, 0.29) is 22.2 Å². The van der Waals surface area contributed by atoms with Gasteiger partial charge in [-0.25, -0.2) is 4.98 Å². The van der Waals surface area contributed by atoms with E-state index in [1.807, 2.05) is 18.7 Å². The van der Waals surface area contributed by atoms with Gasteiger partial charge < -0.3 is 4.90 Å². The van der Waals surface area contributed by atoms with E-state index < -0.39 is 10.8 Å². The van der Waals surface area contributed by atoms with Gasteiger partial charge >= 0.3 is 0 Å². The number of anilines is 1. The topological polar surface area (TPSA) is 105 Å². The van der Waals surface area contributed by atoms with Crippen LogP contribution in [0.3, 0.4) is 0 Å². The van der Waals surface area contributed by atoms with Gasteiger partial charge in [-0.2, -0.15) is 0 Å². The second-order valence-electron chi connectivity index (χ2n) is 6.93. The molecule has 0 unspecified atom stereocenters. The summed E-state index contributed by atoms with van der Waals surface area (Å²) in [5.41, 5.74) is 0.668. The number of carbonyl (C=O) groups is 2. The highest BCUT2D eigenvalue weighted by Gasteiger charge is 2.25. The second-order valence-corrected chi connectivity index (χ2v) is 8.42. The Bertz CT molecular complexity index is 944. The van der Waals surface area contributed by atoms with Crippen molar-refractivity contribution in [1.82, 2.24) is 9.88 Å². The number of hydrogen-bond acceptors (Lipinski definition) is 6. The maximum absolute atomic E-state index is 12.4. The third-order valence-electron chi connectivity index (χ3n) is 4.29. The molecule has 0 spiro atoms. The summed E-state index contributed by atoms with van der Waals surface area (Å²) in [6.07, 6.45) is 1.14. The SMILES string of the molecule is CC(C)CC(=O)N1CCc2nc(NC(=O)c3ccc(Cl)c([N+](=O)[O-])c3)sc2C1. The number of nitro benzene ring substituents is 1. The first-order valence-corrected chi connectivity index (χ1v) is 9.95. The maximum atomic E-state index is 12.4. The summed E-state index contributed by atoms with van der Waals surface area (Å²) in [6.45, 7) is 5.11. The number of fused-ring (bicyclic) bond motifs is 1. The molecule has 0 radical (unpaired) electrons. The van der Waals surface area contributed by atoms with Crippen molar-refractivity contribution in [3.63, 3.8) is 0 Å². The van der Waals surface area contributed by atoms with Crippen LogP contribution in [0.25, 0.3) is 0 Å². The van der Waals surface area contributed by atoms with E-state index >= 15 is 0 Å². The van der Waals surface area contributed by atoms with Crippen molar-refractivity contribution in [3.05, 3.63) is 49.5 Å². The van der Waals surface area contributed by atoms with Crippen LogP contribution in [0.2, 0.25) is 5.02 Å². The van der Waals surface area contributed by atoms with Crippen LogP contribution in [-0.4, -0.2) is 33.2 Å². The fraction of sp³-hybridized carbons (Fsp3) is 0.389. The second kappa shape index (κ2) is 8.24. The van der Waals surface area contributed by atoms with Crippen LogP contribution in [-0.2, 0) is 17.8 Å². The van der Waals surface area contributed by atoms with Gasteiger partial charge in [-0.05, 0) is 18.1 Å². The number of nitro groups is 1. The van der Waals surface area contributed by atoms with Gasteiger partial charge in [0.1, 0.15) is 5.02 Å². The predicted octanol–water partition coefficient (Wildman–Crippen LogP) is 3.89. The summed E-state index contributed by atoms with van der Waals surface area (Å²) < 4.78 is 0. The zero-order valence-electron chi connectivity index (χ0n) is 15.4. The summed E-state index contributed by atoms with van der Waals surface area (Å²) >= 11 is 7.09. The molecule has 2 heterocycles. The number of amides is 2. The van der Waals surface area contributed by atoms with Gasteiger partial charge in [-0.15, -0.1) is 0 Å². The lowest BCUT2D eigenvalue weighted by Crippen LogP contribution is -2.36. The van der Waals surface area contributed by atoms with Crippen molar-refractivity contribution in [2.24, 2.45) is 5.92 Å². The van der Waals surface area contributed by atoms with E-state index in [9.17, 15) is 19.7 Å². The summed E-state index contributed by atoms with van der Waals surface area (Å²) in [5.74, 6) is -0.0830. The van der Waals surface area contributed by atoms with Crippen LogP contribution in [0.4, 0.5) is 10.8 Å². The van der Waals surface area contributed by atoms with E-state index in [1.54, 1.807) is 0 Å². The molecule has 0 atom stereocenters. The van der Waals surface area contributed by atoms with Gasteiger partial charge in [0.05, 0.1) is 17.2 Å². The lowest BCUT2D eigenvalue weighted by atomic mass is 10.1. The zero-order valence-corrected chi connectivity index (χ0v) is 17.0. The fourth-order valence-corrected chi connectivity index (χ4v) is 4.11. The normalized spacial score (nSPS) is 13.4. The minimum atomic E-state index is -0.635. The Morgan fingerprint density at radius 1 is 1.43 bits per heavy atom. The highest BCUT2D eigenvalue weighted by atomic mass is 35.5. The molecule has 0 bridgehead atoms. The van der Waals surface area contributed by atoms with Crippen molar-refractivity contribution in [3.8, 4) is 0 Å². The summed E-state index contributed by atoms with van der Waals surface area (Å²) in [6, 6.07) is 3.88. The smallest absolute Gasteiger partial charge is 0.288 e. The number of aromatic nitrogens is 1. The number of nitrogens with zero attached hydrogens (tertiary/aromatic N) is 3. The average Bonchev–Trinajstić information content (AvgIpc) is 3.02. The Balaban J connectivity index is 1.71. The van der Waals surface area contributed by atoms with E-state index in [0.717, 1.165) is 16.6 Å². The van der Waals surface area contributed by atoms with Crippen LogP contribution in [0, 0.1) is 16.0 Å². The number of halogens is 1. The van der Waals surface area contributed by atoms with Crippen LogP contribution in [0.5, 0.6) is 0 Å². The third-order valence-corrected chi connectivity index (χ3v) is 5.61. The molecule has 8 nitrogen and oxygen atoms in total. The first-order chi connectivity index (χ1) is 13.2. The van der Waals surface area contributed by atoms with Gasteiger partial charge in [-0.3, -0.25) is 25.0 Å². The van der Waals surface area contributed by atoms with Crippen LogP contribution in [0.15, 0.2) is 18.2 Å². The number of thiazole rings is 1. The van der Waals surface area contributed by atoms with Gasteiger partial charge in [-0.1, -0.05) is 36.8 Å². The van der Waals surface area contributed by atoms with Gasteiger partial charge in [0, 0.05) is 35.9 Å². The molecule has 0 fully saturated rings. The minimum Gasteiger partial charge on any atom is -0.337 e. The molecule has 2 amide bonds.